The van der Waals surface area contributed by atoms with Gasteiger partial charge in [0.05, 0.1) is 4.90 Å². The largest absolute Gasteiger partial charge is 0.618 e. The third-order valence-corrected chi connectivity index (χ3v) is 5.06. The minimum Gasteiger partial charge on any atom is -0.618 e. The van der Waals surface area contributed by atoms with Crippen LogP contribution in [0.3, 0.4) is 0 Å². The van der Waals surface area contributed by atoms with Gasteiger partial charge in [0.1, 0.15) is 11.1 Å². The summed E-state index contributed by atoms with van der Waals surface area (Å²) in [5.41, 5.74) is -3.10. The highest BCUT2D eigenvalue weighted by atomic mass is 33.1. The summed E-state index contributed by atoms with van der Waals surface area (Å²) in [7, 11) is 0.809. The van der Waals surface area contributed by atoms with Crippen LogP contribution >= 0.6 is 21.6 Å². The molecule has 1 heterocycles. The number of rotatable bonds is 5. The van der Waals surface area contributed by atoms with Crippen molar-refractivity contribution in [2.45, 2.75) is 9.92 Å². The Morgan fingerprint density at radius 1 is 0.958 bits per heavy atom. The van der Waals surface area contributed by atoms with Gasteiger partial charge in [-0.25, -0.2) is 22.8 Å². The van der Waals surface area contributed by atoms with Gasteiger partial charge in [-0.3, -0.25) is 0 Å². The predicted octanol–water partition coefficient (Wildman–Crippen LogP) is 2.93. The van der Waals surface area contributed by atoms with Crippen molar-refractivity contribution in [3.8, 4) is 0 Å². The molecule has 2 N–H and O–H groups in total. The molecular formula is C13H6F3NO5S2. The van der Waals surface area contributed by atoms with Crippen LogP contribution in [-0.2, 0) is 0 Å². The molecule has 0 aliphatic carbocycles. The third-order valence-electron chi connectivity index (χ3n) is 2.71. The van der Waals surface area contributed by atoms with Gasteiger partial charge in [0, 0.05) is 22.9 Å². The van der Waals surface area contributed by atoms with Crippen molar-refractivity contribution in [1.29, 1.82) is 0 Å². The number of hydrogen-bond donors (Lipinski definition) is 2. The van der Waals surface area contributed by atoms with Crippen molar-refractivity contribution in [2.24, 2.45) is 0 Å². The van der Waals surface area contributed by atoms with Crippen LogP contribution in [-0.4, -0.2) is 22.2 Å². The Bertz CT molecular complexity index is 847. The summed E-state index contributed by atoms with van der Waals surface area (Å²) >= 11 is 0. The molecule has 126 valence electrons. The van der Waals surface area contributed by atoms with Gasteiger partial charge in [-0.05, 0) is 16.9 Å². The van der Waals surface area contributed by atoms with E-state index >= 15 is 0 Å². The van der Waals surface area contributed by atoms with Gasteiger partial charge in [0.25, 0.3) is 5.03 Å². The van der Waals surface area contributed by atoms with Crippen LogP contribution in [0.5, 0.6) is 0 Å². The number of aromatic nitrogens is 1. The number of carboxylic acids is 2. The van der Waals surface area contributed by atoms with Crippen LogP contribution in [0.1, 0.15) is 20.7 Å². The van der Waals surface area contributed by atoms with E-state index in [1.54, 1.807) is 0 Å². The van der Waals surface area contributed by atoms with Crippen LogP contribution in [0.25, 0.3) is 0 Å². The van der Waals surface area contributed by atoms with Crippen LogP contribution in [0.15, 0.2) is 34.3 Å². The first-order valence-electron chi connectivity index (χ1n) is 5.95. The molecule has 2 aromatic rings. The molecule has 0 amide bonds. The molecule has 11 heteroatoms. The highest BCUT2D eigenvalue weighted by Gasteiger charge is 2.33. The molecule has 0 saturated carbocycles. The average Bonchev–Trinajstić information content (AvgIpc) is 2.51. The molecule has 0 saturated heterocycles. The van der Waals surface area contributed by atoms with E-state index in [0.29, 0.717) is 15.5 Å². The van der Waals surface area contributed by atoms with E-state index in [1.165, 1.54) is 18.2 Å². The van der Waals surface area contributed by atoms with Gasteiger partial charge in [-0.1, -0.05) is 0 Å². The number of benzene rings is 1. The van der Waals surface area contributed by atoms with Gasteiger partial charge in [-0.2, -0.15) is 4.73 Å². The van der Waals surface area contributed by atoms with Gasteiger partial charge in [0.15, 0.2) is 23.6 Å². The van der Waals surface area contributed by atoms with E-state index in [4.69, 9.17) is 10.2 Å². The molecule has 0 radical (unpaired) electrons. The topological polar surface area (TPSA) is 102 Å². The van der Waals surface area contributed by atoms with Gasteiger partial charge in [0.2, 0.25) is 0 Å². The predicted molar refractivity (Wildman–Crippen MR) is 77.4 cm³/mol. The first-order valence-corrected chi connectivity index (χ1v) is 8.10. The van der Waals surface area contributed by atoms with Crippen LogP contribution in [0.4, 0.5) is 13.2 Å². The van der Waals surface area contributed by atoms with Crippen molar-refractivity contribution in [1.82, 2.24) is 0 Å². The van der Waals surface area contributed by atoms with Crippen molar-refractivity contribution in [3.63, 3.8) is 0 Å². The normalized spacial score (nSPS) is 10.6. The quantitative estimate of drug-likeness (QED) is 0.357. The Morgan fingerprint density at radius 2 is 1.54 bits per heavy atom. The molecule has 24 heavy (non-hydrogen) atoms. The molecule has 0 fully saturated rings. The maximum absolute atomic E-state index is 14.2. The van der Waals surface area contributed by atoms with Gasteiger partial charge >= 0.3 is 11.9 Å². The highest BCUT2D eigenvalue weighted by Crippen LogP contribution is 2.41. The Kier molecular flexibility index (Phi) is 5.24. The zero-order valence-corrected chi connectivity index (χ0v) is 13.0. The number of pyridine rings is 1. The van der Waals surface area contributed by atoms with Gasteiger partial charge < -0.3 is 15.4 Å². The second-order valence-electron chi connectivity index (χ2n) is 4.16. The number of aromatic carboxylic acids is 2. The lowest BCUT2D eigenvalue weighted by atomic mass is 10.1. The van der Waals surface area contributed by atoms with E-state index in [2.05, 4.69) is 0 Å². The highest BCUT2D eigenvalue weighted by molar-refractivity contribution is 8.76. The summed E-state index contributed by atoms with van der Waals surface area (Å²) in [6.07, 6.45) is 1.12. The number of halogens is 3. The summed E-state index contributed by atoms with van der Waals surface area (Å²) < 4.78 is 42.4. The molecule has 1 aromatic heterocycles. The average molecular weight is 377 g/mol. The molecule has 0 bridgehead atoms. The molecule has 0 aliphatic heterocycles. The van der Waals surface area contributed by atoms with E-state index < -0.39 is 45.4 Å². The molecule has 1 aromatic carbocycles. The minimum absolute atomic E-state index is 0.000828. The summed E-state index contributed by atoms with van der Waals surface area (Å²) in [5.74, 6) is -9.75. The van der Waals surface area contributed by atoms with Crippen molar-refractivity contribution < 1.29 is 37.7 Å². The number of carboxylic acid groups (broad SMARTS) is 2. The number of hydrogen-bond acceptors (Lipinski definition) is 5. The number of nitrogens with zero attached hydrogens (tertiary/aromatic N) is 1. The van der Waals surface area contributed by atoms with Gasteiger partial charge in [-0.15, -0.1) is 0 Å². The third kappa shape index (κ3) is 3.26. The van der Waals surface area contributed by atoms with Crippen molar-refractivity contribution in [2.75, 3.05) is 0 Å². The SMILES string of the molecule is O=C(O)c1c(F)c(F)c(SSc2cccc[n+]2[O-])c(F)c1C(=O)O. The molecule has 0 unspecified atom stereocenters. The smallest absolute Gasteiger partial charge is 0.339 e. The fourth-order valence-corrected chi connectivity index (χ4v) is 3.78. The second-order valence-corrected chi connectivity index (χ2v) is 6.32. The molecule has 2 rings (SSSR count). The summed E-state index contributed by atoms with van der Waals surface area (Å²) in [5, 5.41) is 29.1. The Morgan fingerprint density at radius 3 is 2.08 bits per heavy atom. The van der Waals surface area contributed by atoms with Crippen molar-refractivity contribution >= 4 is 33.5 Å². The number of carbonyl (C=O) groups is 2. The first-order chi connectivity index (χ1) is 11.3. The van der Waals surface area contributed by atoms with E-state index in [0.717, 1.165) is 6.20 Å². The Labute approximate surface area is 139 Å². The maximum Gasteiger partial charge on any atom is 0.339 e. The zero-order valence-electron chi connectivity index (χ0n) is 11.3. The van der Waals surface area contributed by atoms with E-state index in [9.17, 15) is 28.0 Å². The fraction of sp³-hybridized carbons (Fsp3) is 0. The fourth-order valence-electron chi connectivity index (χ4n) is 1.68. The van der Waals surface area contributed by atoms with Crippen LogP contribution < -0.4 is 4.73 Å². The Balaban J connectivity index is 2.53. The van der Waals surface area contributed by atoms with Crippen LogP contribution in [0.2, 0.25) is 0 Å². The molecule has 6 nitrogen and oxygen atoms in total. The summed E-state index contributed by atoms with van der Waals surface area (Å²) in [6, 6.07) is 4.20. The van der Waals surface area contributed by atoms with Crippen LogP contribution in [0, 0.1) is 22.7 Å². The van der Waals surface area contributed by atoms with E-state index in [-0.39, 0.29) is 15.8 Å². The monoisotopic (exact) mass is 377 g/mol. The molecule has 0 spiro atoms. The first kappa shape index (κ1) is 17.9. The Hall–Kier alpha value is -2.40. The maximum atomic E-state index is 14.2. The zero-order chi connectivity index (χ0) is 18.0. The summed E-state index contributed by atoms with van der Waals surface area (Å²) in [4.78, 5) is 20.9. The van der Waals surface area contributed by atoms with E-state index in [1.807, 2.05) is 0 Å². The molecule has 0 aliphatic rings. The lowest BCUT2D eigenvalue weighted by molar-refractivity contribution is -0.645. The minimum atomic E-state index is -2.12. The lowest BCUT2D eigenvalue weighted by Gasteiger charge is -2.11. The molecular weight excluding hydrogens is 371 g/mol. The molecule has 0 atom stereocenters. The second kappa shape index (κ2) is 7.01. The standard InChI is InChI=1S/C13H6F3NO5S2/c14-8-6(12(18)19)7(13(20)21)9(15)11(10(8)16)24-23-5-3-1-2-4-17(5)22/h1-4H,(H,18,19)(H,20,21). The lowest BCUT2D eigenvalue weighted by Crippen LogP contribution is -2.27. The van der Waals surface area contributed by atoms with Crippen molar-refractivity contribution in [3.05, 3.63) is 58.2 Å². The summed E-state index contributed by atoms with van der Waals surface area (Å²) in [6.45, 7) is 0.